The number of anilines is 1. The van der Waals surface area contributed by atoms with Crippen molar-refractivity contribution in [2.24, 2.45) is 5.92 Å². The fourth-order valence-electron chi connectivity index (χ4n) is 1.76. The van der Waals surface area contributed by atoms with Gasteiger partial charge >= 0.3 is 0 Å². The van der Waals surface area contributed by atoms with Crippen molar-refractivity contribution in [1.29, 1.82) is 0 Å². The smallest absolute Gasteiger partial charge is 0.257 e. The van der Waals surface area contributed by atoms with E-state index in [0.717, 1.165) is 15.9 Å². The van der Waals surface area contributed by atoms with Crippen LogP contribution < -0.4 is 5.32 Å². The molecular weight excluding hydrogens is 353 g/mol. The van der Waals surface area contributed by atoms with E-state index in [9.17, 15) is 4.79 Å². The molecule has 0 fully saturated rings. The van der Waals surface area contributed by atoms with Crippen molar-refractivity contribution >= 4 is 34.3 Å². The van der Waals surface area contributed by atoms with Crippen molar-refractivity contribution in [3.63, 3.8) is 0 Å². The second-order valence-corrected chi connectivity index (χ2v) is 5.89. The summed E-state index contributed by atoms with van der Waals surface area (Å²) in [5.74, 6) is 1.11. The number of amides is 1. The Morgan fingerprint density at radius 1 is 1.37 bits per heavy atom. The van der Waals surface area contributed by atoms with Gasteiger partial charge in [0, 0.05) is 16.2 Å². The van der Waals surface area contributed by atoms with Gasteiger partial charge in [0.05, 0.1) is 11.8 Å². The van der Waals surface area contributed by atoms with Crippen LogP contribution in [0.25, 0.3) is 0 Å². The normalized spacial score (nSPS) is 10.7. The summed E-state index contributed by atoms with van der Waals surface area (Å²) in [4.78, 5) is 12.2. The Morgan fingerprint density at radius 2 is 2.11 bits per heavy atom. The highest BCUT2D eigenvalue weighted by Gasteiger charge is 2.12. The highest BCUT2D eigenvalue weighted by atomic mass is 127. The number of hydrogen-bond donors (Lipinski definition) is 1. The van der Waals surface area contributed by atoms with Crippen molar-refractivity contribution in [3.8, 4) is 0 Å². The Kier molecular flexibility index (Phi) is 4.57. The van der Waals surface area contributed by atoms with Crippen molar-refractivity contribution in [2.45, 2.75) is 20.4 Å². The molecule has 0 aliphatic heterocycles. The highest BCUT2D eigenvalue weighted by molar-refractivity contribution is 14.1. The molecule has 0 unspecified atom stereocenters. The fraction of sp³-hybridized carbons (Fsp3) is 0.286. The van der Waals surface area contributed by atoms with E-state index in [4.69, 9.17) is 0 Å². The van der Waals surface area contributed by atoms with Crippen molar-refractivity contribution < 1.29 is 4.79 Å². The zero-order valence-corrected chi connectivity index (χ0v) is 13.1. The third-order valence-electron chi connectivity index (χ3n) is 2.61. The van der Waals surface area contributed by atoms with E-state index in [-0.39, 0.29) is 5.91 Å². The number of halogens is 1. The Labute approximate surface area is 126 Å². The largest absolute Gasteiger partial charge is 0.307 e. The van der Waals surface area contributed by atoms with E-state index < -0.39 is 0 Å². The predicted octanol–water partition coefficient (Wildman–Crippen LogP) is 3.40. The molecule has 0 aliphatic rings. The molecule has 0 bridgehead atoms. The lowest BCUT2D eigenvalue weighted by molar-refractivity contribution is 0.102. The second kappa shape index (κ2) is 6.18. The lowest BCUT2D eigenvalue weighted by Crippen LogP contribution is -2.18. The van der Waals surface area contributed by atoms with Gasteiger partial charge in [-0.1, -0.05) is 26.0 Å². The summed E-state index contributed by atoms with van der Waals surface area (Å²) >= 11 is 2.16. The number of benzene rings is 1. The molecule has 1 N–H and O–H groups in total. The molecule has 4 nitrogen and oxygen atoms in total. The van der Waals surface area contributed by atoms with Crippen LogP contribution in [0.5, 0.6) is 0 Å². The summed E-state index contributed by atoms with van der Waals surface area (Å²) in [5.41, 5.74) is 0.681. The number of rotatable bonds is 4. The third kappa shape index (κ3) is 3.56. The monoisotopic (exact) mass is 369 g/mol. The number of nitrogens with one attached hydrogen (secondary N) is 1. The maximum Gasteiger partial charge on any atom is 0.257 e. The first-order chi connectivity index (χ1) is 9.08. The van der Waals surface area contributed by atoms with Crippen molar-refractivity contribution in [2.75, 3.05) is 5.32 Å². The molecule has 1 aromatic carbocycles. The molecular formula is C14H16IN3O. The minimum absolute atomic E-state index is 0.101. The third-order valence-corrected chi connectivity index (χ3v) is 3.56. The molecule has 0 saturated heterocycles. The van der Waals surface area contributed by atoms with Crippen LogP contribution in [0.4, 0.5) is 5.82 Å². The van der Waals surface area contributed by atoms with Gasteiger partial charge in [-0.05, 0) is 40.6 Å². The summed E-state index contributed by atoms with van der Waals surface area (Å²) in [7, 11) is 0. The summed E-state index contributed by atoms with van der Waals surface area (Å²) in [6, 6.07) is 9.33. The number of hydrogen-bond acceptors (Lipinski definition) is 2. The van der Waals surface area contributed by atoms with Gasteiger partial charge in [-0.25, -0.2) is 4.68 Å². The molecule has 0 radical (unpaired) electrons. The topological polar surface area (TPSA) is 46.9 Å². The van der Waals surface area contributed by atoms with Gasteiger partial charge in [-0.3, -0.25) is 4.79 Å². The average Bonchev–Trinajstić information content (AvgIpc) is 2.76. The first-order valence-electron chi connectivity index (χ1n) is 6.15. The molecule has 2 aromatic rings. The van der Waals surface area contributed by atoms with Crippen LogP contribution in [0.2, 0.25) is 0 Å². The Morgan fingerprint density at radius 3 is 2.79 bits per heavy atom. The Hall–Kier alpha value is -1.37. The van der Waals surface area contributed by atoms with E-state index in [0.29, 0.717) is 11.5 Å². The second-order valence-electron chi connectivity index (χ2n) is 4.73. The molecule has 100 valence electrons. The minimum Gasteiger partial charge on any atom is -0.307 e. The van der Waals surface area contributed by atoms with Crippen LogP contribution in [-0.2, 0) is 6.54 Å². The van der Waals surface area contributed by atoms with Gasteiger partial charge in [-0.2, -0.15) is 5.10 Å². The van der Waals surface area contributed by atoms with Crippen LogP contribution in [-0.4, -0.2) is 15.7 Å². The van der Waals surface area contributed by atoms with Gasteiger partial charge in [-0.15, -0.1) is 0 Å². The van der Waals surface area contributed by atoms with Gasteiger partial charge in [0.2, 0.25) is 0 Å². The SMILES string of the molecule is CC(C)Cn1nccc1NC(=O)c1ccccc1I. The standard InChI is InChI=1S/C14H16IN3O/c1-10(2)9-18-13(7-8-16-18)17-14(19)11-5-3-4-6-12(11)15/h3-8,10H,9H2,1-2H3,(H,17,19). The molecule has 5 heteroatoms. The van der Waals surface area contributed by atoms with Gasteiger partial charge in [0.1, 0.15) is 5.82 Å². The molecule has 1 aromatic heterocycles. The van der Waals surface area contributed by atoms with Crippen LogP contribution in [0.1, 0.15) is 24.2 Å². The summed E-state index contributed by atoms with van der Waals surface area (Å²) in [6.07, 6.45) is 1.70. The molecule has 1 amide bonds. The molecule has 0 atom stereocenters. The van der Waals surface area contributed by atoms with Gasteiger partial charge in [0.15, 0.2) is 0 Å². The quantitative estimate of drug-likeness (QED) is 0.840. The lowest BCUT2D eigenvalue weighted by atomic mass is 10.2. The van der Waals surface area contributed by atoms with Crippen LogP contribution in [0.3, 0.4) is 0 Å². The van der Waals surface area contributed by atoms with Crippen LogP contribution >= 0.6 is 22.6 Å². The van der Waals surface area contributed by atoms with Gasteiger partial charge in [0.25, 0.3) is 5.91 Å². The van der Waals surface area contributed by atoms with E-state index in [2.05, 4.69) is 46.9 Å². The minimum atomic E-state index is -0.101. The molecule has 2 rings (SSSR count). The van der Waals surface area contributed by atoms with E-state index in [1.165, 1.54) is 0 Å². The van der Waals surface area contributed by atoms with E-state index >= 15 is 0 Å². The van der Waals surface area contributed by atoms with Crippen molar-refractivity contribution in [1.82, 2.24) is 9.78 Å². The lowest BCUT2D eigenvalue weighted by Gasteiger charge is -2.11. The molecule has 0 aliphatic carbocycles. The van der Waals surface area contributed by atoms with Crippen LogP contribution in [0.15, 0.2) is 36.5 Å². The van der Waals surface area contributed by atoms with E-state index in [1.54, 1.807) is 6.20 Å². The number of carbonyl (C=O) groups is 1. The zero-order chi connectivity index (χ0) is 13.8. The molecule has 0 saturated carbocycles. The predicted molar refractivity (Wildman–Crippen MR) is 84.2 cm³/mol. The fourth-order valence-corrected chi connectivity index (χ4v) is 2.39. The first kappa shape index (κ1) is 14.0. The number of aromatic nitrogens is 2. The summed E-state index contributed by atoms with van der Waals surface area (Å²) in [5, 5.41) is 7.14. The molecule has 19 heavy (non-hydrogen) atoms. The Balaban J connectivity index is 2.16. The zero-order valence-electron chi connectivity index (χ0n) is 10.9. The van der Waals surface area contributed by atoms with E-state index in [1.807, 2.05) is 35.0 Å². The highest BCUT2D eigenvalue weighted by Crippen LogP contribution is 2.15. The maximum absolute atomic E-state index is 12.2. The summed E-state index contributed by atoms with van der Waals surface area (Å²) < 4.78 is 2.76. The molecule has 1 heterocycles. The maximum atomic E-state index is 12.2. The average molecular weight is 369 g/mol. The van der Waals surface area contributed by atoms with Crippen LogP contribution in [0, 0.1) is 9.49 Å². The van der Waals surface area contributed by atoms with Gasteiger partial charge < -0.3 is 5.32 Å². The number of carbonyl (C=O) groups excluding carboxylic acids is 1. The molecule has 0 spiro atoms. The Bertz CT molecular complexity index is 578. The number of nitrogens with zero attached hydrogens (tertiary/aromatic N) is 2. The van der Waals surface area contributed by atoms with Crippen molar-refractivity contribution in [3.05, 3.63) is 45.7 Å². The summed E-state index contributed by atoms with van der Waals surface area (Å²) in [6.45, 7) is 5.02. The first-order valence-corrected chi connectivity index (χ1v) is 7.23.